The first-order valence-corrected chi connectivity index (χ1v) is 8.56. The summed E-state index contributed by atoms with van der Waals surface area (Å²) < 4.78 is 0. The fraction of sp³-hybridized carbons (Fsp3) is 0.400. The third-order valence-corrected chi connectivity index (χ3v) is 5.65. The van der Waals surface area contributed by atoms with Crippen molar-refractivity contribution in [3.63, 3.8) is 0 Å². The van der Waals surface area contributed by atoms with Crippen molar-refractivity contribution in [1.82, 2.24) is 10.2 Å². The van der Waals surface area contributed by atoms with Crippen LogP contribution in [0, 0.1) is 0 Å². The number of carbonyl (C=O) groups excluding carboxylic acids is 3. The van der Waals surface area contributed by atoms with E-state index >= 15 is 0 Å². The van der Waals surface area contributed by atoms with Crippen molar-refractivity contribution in [3.8, 4) is 0 Å². The molecule has 0 saturated heterocycles. The van der Waals surface area contributed by atoms with Gasteiger partial charge in [-0.05, 0) is 20.3 Å². The van der Waals surface area contributed by atoms with E-state index in [1.807, 2.05) is 20.8 Å². The molecule has 0 saturated carbocycles. The second-order valence-corrected chi connectivity index (χ2v) is 7.50. The number of amides is 3. The molecule has 5 nitrogen and oxygen atoms in total. The summed E-state index contributed by atoms with van der Waals surface area (Å²) >= 11 is 23.9. The van der Waals surface area contributed by atoms with Gasteiger partial charge in [-0.15, -0.1) is 0 Å². The monoisotopic (exact) mass is 410 g/mol. The van der Waals surface area contributed by atoms with Crippen molar-refractivity contribution in [3.05, 3.63) is 31.2 Å². The van der Waals surface area contributed by atoms with Crippen molar-refractivity contribution in [2.24, 2.45) is 0 Å². The maximum Gasteiger partial charge on any atom is 0.263 e. The molecule has 0 spiro atoms. The predicted octanol–water partition coefficient (Wildman–Crippen LogP) is 4.20. The Labute approximate surface area is 159 Å². The molecule has 0 atom stereocenters. The molecule has 0 aliphatic carbocycles. The van der Waals surface area contributed by atoms with Crippen LogP contribution in [-0.2, 0) is 4.79 Å². The molecule has 1 heterocycles. The lowest BCUT2D eigenvalue weighted by Gasteiger charge is -2.25. The molecule has 1 aliphatic heterocycles. The van der Waals surface area contributed by atoms with E-state index in [1.165, 1.54) is 0 Å². The smallest absolute Gasteiger partial charge is 0.263 e. The van der Waals surface area contributed by atoms with Crippen LogP contribution in [-0.4, -0.2) is 34.7 Å². The van der Waals surface area contributed by atoms with E-state index in [0.29, 0.717) is 6.42 Å². The lowest BCUT2D eigenvalue weighted by Crippen LogP contribution is -2.48. The number of imide groups is 1. The standard InChI is InChI=1S/C15H14Cl4N2O3/c1-4-15(2,3)20-6(22)5-21-13(23)7-8(14(21)24)10(17)12(19)11(18)9(7)16/h4-5H2,1-3H3,(H,20,22). The summed E-state index contributed by atoms with van der Waals surface area (Å²) in [6, 6.07) is 0. The number of hydrogen-bond donors (Lipinski definition) is 1. The number of halogens is 4. The molecule has 130 valence electrons. The maximum atomic E-state index is 12.5. The van der Waals surface area contributed by atoms with E-state index in [0.717, 1.165) is 4.90 Å². The highest BCUT2D eigenvalue weighted by Crippen LogP contribution is 2.44. The van der Waals surface area contributed by atoms with Gasteiger partial charge in [-0.1, -0.05) is 53.3 Å². The first-order chi connectivity index (χ1) is 11.0. The van der Waals surface area contributed by atoms with Gasteiger partial charge in [0.15, 0.2) is 0 Å². The van der Waals surface area contributed by atoms with Gasteiger partial charge in [0, 0.05) is 5.54 Å². The van der Waals surface area contributed by atoms with Crippen LogP contribution in [0.2, 0.25) is 20.1 Å². The summed E-state index contributed by atoms with van der Waals surface area (Å²) in [5.74, 6) is -1.93. The number of benzene rings is 1. The minimum atomic E-state index is -0.732. The summed E-state index contributed by atoms with van der Waals surface area (Å²) in [5, 5.41) is 2.22. The number of hydrogen-bond acceptors (Lipinski definition) is 3. The average molecular weight is 412 g/mol. The van der Waals surface area contributed by atoms with Gasteiger partial charge in [-0.2, -0.15) is 0 Å². The number of nitrogens with one attached hydrogen (secondary N) is 1. The Morgan fingerprint density at radius 1 is 0.958 bits per heavy atom. The van der Waals surface area contributed by atoms with Gasteiger partial charge in [0.25, 0.3) is 11.8 Å². The normalized spacial score (nSPS) is 14.2. The maximum absolute atomic E-state index is 12.5. The highest BCUT2D eigenvalue weighted by atomic mass is 35.5. The molecule has 9 heteroatoms. The zero-order valence-electron chi connectivity index (χ0n) is 13.1. The zero-order chi connectivity index (χ0) is 18.4. The third-order valence-electron chi connectivity index (χ3n) is 3.85. The molecule has 1 N–H and O–H groups in total. The molecule has 2 rings (SSSR count). The third kappa shape index (κ3) is 3.23. The predicted molar refractivity (Wildman–Crippen MR) is 94.4 cm³/mol. The van der Waals surface area contributed by atoms with Gasteiger partial charge >= 0.3 is 0 Å². The fourth-order valence-corrected chi connectivity index (χ4v) is 3.20. The molecule has 0 aromatic heterocycles. The molecular weight excluding hydrogens is 398 g/mol. The van der Waals surface area contributed by atoms with Crippen molar-refractivity contribution in [2.45, 2.75) is 32.7 Å². The Morgan fingerprint density at radius 2 is 1.38 bits per heavy atom. The summed E-state index contributed by atoms with van der Waals surface area (Å²) in [7, 11) is 0. The Bertz CT molecular complexity index is 715. The van der Waals surface area contributed by atoms with Crippen molar-refractivity contribution in [2.75, 3.05) is 6.54 Å². The Balaban J connectivity index is 2.36. The number of carbonyl (C=O) groups is 3. The fourth-order valence-electron chi connectivity index (χ4n) is 2.19. The van der Waals surface area contributed by atoms with Gasteiger partial charge in [0.05, 0.1) is 31.2 Å². The van der Waals surface area contributed by atoms with Crippen LogP contribution in [0.15, 0.2) is 0 Å². The Morgan fingerprint density at radius 3 is 1.75 bits per heavy atom. The Kier molecular flexibility index (Phi) is 5.40. The molecule has 0 radical (unpaired) electrons. The van der Waals surface area contributed by atoms with E-state index in [1.54, 1.807) is 0 Å². The molecule has 1 aromatic rings. The molecular formula is C15H14Cl4N2O3. The van der Waals surface area contributed by atoms with Crippen molar-refractivity contribution >= 4 is 64.1 Å². The zero-order valence-corrected chi connectivity index (χ0v) is 16.1. The largest absolute Gasteiger partial charge is 0.350 e. The molecule has 0 unspecified atom stereocenters. The quantitative estimate of drug-likeness (QED) is 0.458. The van der Waals surface area contributed by atoms with E-state index in [9.17, 15) is 14.4 Å². The molecule has 1 aliphatic rings. The van der Waals surface area contributed by atoms with Gasteiger partial charge in [0.1, 0.15) is 6.54 Å². The van der Waals surface area contributed by atoms with E-state index in [4.69, 9.17) is 46.4 Å². The summed E-state index contributed by atoms with van der Waals surface area (Å²) in [4.78, 5) is 37.9. The highest BCUT2D eigenvalue weighted by Gasteiger charge is 2.42. The Hall–Kier alpha value is -1.01. The van der Waals surface area contributed by atoms with Crippen LogP contribution in [0.4, 0.5) is 0 Å². The van der Waals surface area contributed by atoms with Gasteiger partial charge < -0.3 is 5.32 Å². The van der Waals surface area contributed by atoms with Crippen LogP contribution in [0.1, 0.15) is 47.9 Å². The lowest BCUT2D eigenvalue weighted by atomic mass is 10.0. The molecule has 24 heavy (non-hydrogen) atoms. The van der Waals surface area contributed by atoms with Crippen LogP contribution >= 0.6 is 46.4 Å². The van der Waals surface area contributed by atoms with E-state index in [-0.39, 0.29) is 31.2 Å². The van der Waals surface area contributed by atoms with Crippen molar-refractivity contribution in [1.29, 1.82) is 0 Å². The van der Waals surface area contributed by atoms with Gasteiger partial charge in [0.2, 0.25) is 5.91 Å². The number of nitrogens with zero attached hydrogens (tertiary/aromatic N) is 1. The van der Waals surface area contributed by atoms with E-state index < -0.39 is 29.8 Å². The molecule has 3 amide bonds. The minimum absolute atomic E-state index is 0.110. The van der Waals surface area contributed by atoms with Crippen LogP contribution in [0.3, 0.4) is 0 Å². The summed E-state index contributed by atoms with van der Waals surface area (Å²) in [6.07, 6.45) is 0.684. The number of fused-ring (bicyclic) bond motifs is 1. The first kappa shape index (κ1) is 19.3. The SMILES string of the molecule is CCC(C)(C)NC(=O)CN1C(=O)c2c(Cl)c(Cl)c(Cl)c(Cl)c2C1=O. The van der Waals surface area contributed by atoms with Crippen LogP contribution in [0.25, 0.3) is 0 Å². The topological polar surface area (TPSA) is 66.5 Å². The highest BCUT2D eigenvalue weighted by molar-refractivity contribution is 6.55. The van der Waals surface area contributed by atoms with Crippen LogP contribution < -0.4 is 5.32 Å². The van der Waals surface area contributed by atoms with E-state index in [2.05, 4.69) is 5.32 Å². The first-order valence-electron chi connectivity index (χ1n) is 7.05. The summed E-state index contributed by atoms with van der Waals surface area (Å²) in [5.41, 5.74) is -0.732. The molecule has 0 bridgehead atoms. The number of rotatable bonds is 4. The van der Waals surface area contributed by atoms with Gasteiger partial charge in [-0.3, -0.25) is 19.3 Å². The van der Waals surface area contributed by atoms with Crippen LogP contribution in [0.5, 0.6) is 0 Å². The second kappa shape index (κ2) is 6.71. The lowest BCUT2D eigenvalue weighted by molar-refractivity contribution is -0.123. The second-order valence-electron chi connectivity index (χ2n) is 5.99. The molecule has 0 fully saturated rings. The summed E-state index contributed by atoms with van der Waals surface area (Å²) in [6.45, 7) is 5.13. The average Bonchev–Trinajstić information content (AvgIpc) is 2.75. The minimum Gasteiger partial charge on any atom is -0.350 e. The molecule has 1 aromatic carbocycles. The van der Waals surface area contributed by atoms with Crippen molar-refractivity contribution < 1.29 is 14.4 Å². The van der Waals surface area contributed by atoms with Gasteiger partial charge in [-0.25, -0.2) is 0 Å².